The summed E-state index contributed by atoms with van der Waals surface area (Å²) < 4.78 is 33.7. The number of ether oxygens (including phenoxy) is 1. The van der Waals surface area contributed by atoms with Gasteiger partial charge in [0.15, 0.2) is 5.75 Å². The zero-order valence-corrected chi connectivity index (χ0v) is 16.0. The monoisotopic (exact) mass is 390 g/mol. The Morgan fingerprint density at radius 2 is 2.00 bits per heavy atom. The average molecular weight is 390 g/mol. The van der Waals surface area contributed by atoms with Crippen LogP contribution >= 0.6 is 0 Å². The van der Waals surface area contributed by atoms with Gasteiger partial charge in [0.2, 0.25) is 0 Å². The molecule has 0 saturated heterocycles. The van der Waals surface area contributed by atoms with Gasteiger partial charge in [0.1, 0.15) is 10.6 Å². The molecular formula is C19H22N2O5S. The Labute approximate surface area is 158 Å². The van der Waals surface area contributed by atoms with E-state index >= 15 is 0 Å². The number of fused-ring (bicyclic) bond motifs is 3. The van der Waals surface area contributed by atoms with Gasteiger partial charge >= 0.3 is 5.97 Å². The molecule has 144 valence electrons. The number of hydrogen-bond acceptors (Lipinski definition) is 5. The predicted octanol–water partition coefficient (Wildman–Crippen LogP) is 3.92. The number of aromatic carboxylic acids is 1. The summed E-state index contributed by atoms with van der Waals surface area (Å²) >= 11 is 0. The third kappa shape index (κ3) is 3.57. The van der Waals surface area contributed by atoms with E-state index in [1.165, 1.54) is 10.4 Å². The number of unbranched alkanes of at least 4 members (excludes halogenated alkanes) is 1. The molecule has 0 aliphatic carbocycles. The molecule has 27 heavy (non-hydrogen) atoms. The normalized spacial score (nSPS) is 14.5. The van der Waals surface area contributed by atoms with Crippen LogP contribution in [0.25, 0.3) is 0 Å². The molecule has 0 aromatic heterocycles. The van der Waals surface area contributed by atoms with Gasteiger partial charge in [0, 0.05) is 19.2 Å². The number of carbonyl (C=O) groups is 1. The van der Waals surface area contributed by atoms with Crippen molar-refractivity contribution >= 4 is 27.4 Å². The number of anilines is 2. The second-order valence-corrected chi connectivity index (χ2v) is 8.04. The van der Waals surface area contributed by atoms with Crippen molar-refractivity contribution < 1.29 is 23.1 Å². The minimum Gasteiger partial charge on any atom is -0.478 e. The lowest BCUT2D eigenvalue weighted by Gasteiger charge is -2.28. The van der Waals surface area contributed by atoms with E-state index < -0.39 is 16.0 Å². The summed E-state index contributed by atoms with van der Waals surface area (Å²) in [5, 5.41) is 12.6. The highest BCUT2D eigenvalue weighted by Gasteiger charge is 2.32. The lowest BCUT2D eigenvalue weighted by Crippen LogP contribution is -2.32. The average Bonchev–Trinajstić information content (AvgIpc) is 2.62. The van der Waals surface area contributed by atoms with Gasteiger partial charge in [-0.25, -0.2) is 13.2 Å². The van der Waals surface area contributed by atoms with Gasteiger partial charge in [0.05, 0.1) is 16.9 Å². The second-order valence-electron chi connectivity index (χ2n) is 6.21. The Kier molecular flexibility index (Phi) is 5.27. The highest BCUT2D eigenvalue weighted by atomic mass is 32.2. The fourth-order valence-corrected chi connectivity index (χ4v) is 4.61. The van der Waals surface area contributed by atoms with Crippen molar-refractivity contribution in [3.63, 3.8) is 0 Å². The van der Waals surface area contributed by atoms with E-state index in [-0.39, 0.29) is 22.8 Å². The first-order valence-electron chi connectivity index (χ1n) is 8.84. The van der Waals surface area contributed by atoms with Crippen LogP contribution in [0.15, 0.2) is 41.3 Å². The number of sulfonamides is 1. The highest BCUT2D eigenvalue weighted by Crippen LogP contribution is 2.42. The molecule has 0 unspecified atom stereocenters. The molecule has 1 aliphatic rings. The first-order chi connectivity index (χ1) is 12.9. The number of nitrogens with one attached hydrogen (secondary N) is 1. The number of rotatable bonds is 6. The largest absolute Gasteiger partial charge is 0.478 e. The van der Waals surface area contributed by atoms with Crippen LogP contribution in [0.1, 0.15) is 37.0 Å². The third-order valence-electron chi connectivity index (χ3n) is 4.33. The number of nitrogens with zero attached hydrogens (tertiary/aromatic N) is 1. The Hall–Kier alpha value is -2.74. The number of carboxylic acids is 1. The van der Waals surface area contributed by atoms with Gasteiger partial charge in [-0.05, 0) is 37.6 Å². The van der Waals surface area contributed by atoms with E-state index in [1.807, 2.05) is 6.92 Å². The lowest BCUT2D eigenvalue weighted by atomic mass is 10.1. The first kappa shape index (κ1) is 19.0. The van der Waals surface area contributed by atoms with E-state index in [0.717, 1.165) is 18.9 Å². The minimum absolute atomic E-state index is 0.111. The van der Waals surface area contributed by atoms with Gasteiger partial charge in [-0.1, -0.05) is 19.4 Å². The SMILES string of the molecule is CCCCNc1cc(C(=O)O)cc2c1Oc1cccc(c1)N(CC)S2(=O)=O. The molecule has 3 rings (SSSR count). The zero-order valence-electron chi connectivity index (χ0n) is 15.2. The highest BCUT2D eigenvalue weighted by molar-refractivity contribution is 7.93. The molecule has 1 aliphatic heterocycles. The molecule has 2 aromatic rings. The molecule has 0 saturated carbocycles. The summed E-state index contributed by atoms with van der Waals surface area (Å²) in [4.78, 5) is 11.4. The van der Waals surface area contributed by atoms with E-state index in [0.29, 0.717) is 23.7 Å². The smallest absolute Gasteiger partial charge is 0.335 e. The van der Waals surface area contributed by atoms with Crippen LogP contribution in [0.2, 0.25) is 0 Å². The summed E-state index contributed by atoms with van der Waals surface area (Å²) in [5.74, 6) is -0.592. The third-order valence-corrected chi connectivity index (χ3v) is 6.24. The van der Waals surface area contributed by atoms with E-state index in [2.05, 4.69) is 5.32 Å². The number of hydrogen-bond donors (Lipinski definition) is 2. The van der Waals surface area contributed by atoms with E-state index in [9.17, 15) is 18.3 Å². The quantitative estimate of drug-likeness (QED) is 0.726. The second kappa shape index (κ2) is 7.48. The summed E-state index contributed by atoms with van der Waals surface area (Å²) in [6.07, 6.45) is 1.80. The molecule has 0 atom stereocenters. The number of carboxylic acid groups (broad SMARTS) is 1. The molecule has 7 nitrogen and oxygen atoms in total. The van der Waals surface area contributed by atoms with E-state index in [1.54, 1.807) is 31.2 Å². The lowest BCUT2D eigenvalue weighted by molar-refractivity contribution is 0.0696. The molecule has 0 amide bonds. The van der Waals surface area contributed by atoms with Crippen LogP contribution < -0.4 is 14.4 Å². The molecule has 0 fully saturated rings. The van der Waals surface area contributed by atoms with Crippen molar-refractivity contribution in [3.8, 4) is 11.5 Å². The first-order valence-corrected chi connectivity index (χ1v) is 10.3. The summed E-state index contributed by atoms with van der Waals surface area (Å²) in [6, 6.07) is 9.37. The van der Waals surface area contributed by atoms with Gasteiger partial charge in [-0.15, -0.1) is 0 Å². The maximum absolute atomic E-state index is 13.3. The van der Waals surface area contributed by atoms with Crippen molar-refractivity contribution in [1.82, 2.24) is 0 Å². The van der Waals surface area contributed by atoms with Crippen molar-refractivity contribution in [2.24, 2.45) is 0 Å². The topological polar surface area (TPSA) is 95.9 Å². The Morgan fingerprint density at radius 3 is 2.67 bits per heavy atom. The maximum atomic E-state index is 13.3. The summed E-state index contributed by atoms with van der Waals surface area (Å²) in [7, 11) is -3.99. The Balaban J connectivity index is 2.26. The molecule has 2 aromatic carbocycles. The van der Waals surface area contributed by atoms with Crippen LogP contribution in [0.3, 0.4) is 0 Å². The standard InChI is InChI=1S/C19H22N2O5S/c1-3-5-9-20-16-10-13(19(22)23)11-17-18(16)26-15-8-6-7-14(12-15)21(4-2)27(17,24)25/h6-8,10-12,20H,3-5,9H2,1-2H3,(H,22,23). The van der Waals surface area contributed by atoms with Crippen LogP contribution in [0.4, 0.5) is 11.4 Å². The van der Waals surface area contributed by atoms with Crippen molar-refractivity contribution in [1.29, 1.82) is 0 Å². The van der Waals surface area contributed by atoms with Crippen molar-refractivity contribution in [3.05, 3.63) is 42.0 Å². The van der Waals surface area contributed by atoms with Gasteiger partial charge in [-0.2, -0.15) is 0 Å². The van der Waals surface area contributed by atoms with Crippen LogP contribution in [-0.2, 0) is 10.0 Å². The van der Waals surface area contributed by atoms with Gasteiger partial charge in [0.25, 0.3) is 10.0 Å². The molecule has 2 bridgehead atoms. The minimum atomic E-state index is -3.99. The van der Waals surface area contributed by atoms with E-state index in [4.69, 9.17) is 4.74 Å². The summed E-state index contributed by atoms with van der Waals surface area (Å²) in [5.41, 5.74) is 0.715. The number of benzene rings is 2. The van der Waals surface area contributed by atoms with Gasteiger partial charge in [-0.3, -0.25) is 4.31 Å². The van der Waals surface area contributed by atoms with Crippen molar-refractivity contribution in [2.75, 3.05) is 22.7 Å². The molecule has 2 N–H and O–H groups in total. The Bertz CT molecular complexity index is 972. The molecular weight excluding hydrogens is 368 g/mol. The summed E-state index contributed by atoms with van der Waals surface area (Å²) in [6.45, 7) is 4.55. The van der Waals surface area contributed by atoms with Gasteiger partial charge < -0.3 is 15.2 Å². The fraction of sp³-hybridized carbons (Fsp3) is 0.316. The molecule has 1 heterocycles. The fourth-order valence-electron chi connectivity index (χ4n) is 2.98. The Morgan fingerprint density at radius 1 is 1.22 bits per heavy atom. The molecule has 0 radical (unpaired) electrons. The van der Waals surface area contributed by atoms with Crippen LogP contribution in [-0.4, -0.2) is 32.6 Å². The van der Waals surface area contributed by atoms with Crippen LogP contribution in [0.5, 0.6) is 11.5 Å². The molecule has 8 heteroatoms. The van der Waals surface area contributed by atoms with Crippen LogP contribution in [0, 0.1) is 0 Å². The molecule has 0 spiro atoms. The predicted molar refractivity (Wildman–Crippen MR) is 104 cm³/mol. The van der Waals surface area contributed by atoms with Crippen molar-refractivity contribution in [2.45, 2.75) is 31.6 Å². The zero-order chi connectivity index (χ0) is 19.6. The maximum Gasteiger partial charge on any atom is 0.335 e.